The summed E-state index contributed by atoms with van der Waals surface area (Å²) in [5.41, 5.74) is 3.70. The van der Waals surface area contributed by atoms with Gasteiger partial charge in [-0.3, -0.25) is 0 Å². The van der Waals surface area contributed by atoms with Crippen LogP contribution in [-0.4, -0.2) is 24.2 Å². The summed E-state index contributed by atoms with van der Waals surface area (Å²) in [6, 6.07) is 10.9. The van der Waals surface area contributed by atoms with E-state index in [1.165, 1.54) is 0 Å². The van der Waals surface area contributed by atoms with Crippen LogP contribution in [0, 0.1) is 0 Å². The molecule has 134 valence electrons. The minimum atomic E-state index is -0.296. The number of hydrogen-bond donors (Lipinski definition) is 1. The van der Waals surface area contributed by atoms with Gasteiger partial charge in [0.2, 0.25) is 0 Å². The van der Waals surface area contributed by atoms with Gasteiger partial charge in [-0.25, -0.2) is 4.79 Å². The lowest BCUT2D eigenvalue weighted by atomic mass is 9.93. The van der Waals surface area contributed by atoms with Crippen LogP contribution >= 0.6 is 27.5 Å². The molecule has 1 aromatic heterocycles. The highest BCUT2D eigenvalue weighted by Gasteiger charge is 2.27. The Bertz CT molecular complexity index is 981. The number of rotatable bonds is 3. The molecule has 4 nitrogen and oxygen atoms in total. The zero-order valence-electron chi connectivity index (χ0n) is 14.1. The van der Waals surface area contributed by atoms with Crippen molar-refractivity contribution in [3.63, 3.8) is 0 Å². The minimum absolute atomic E-state index is 0.165. The number of methoxy groups -OCH3 is 1. The number of carbonyl (C=O) groups is 1. The summed E-state index contributed by atoms with van der Waals surface area (Å²) >= 11 is 9.71. The van der Waals surface area contributed by atoms with E-state index in [-0.39, 0.29) is 12.1 Å². The second-order valence-corrected chi connectivity index (χ2v) is 7.68. The molecule has 1 heterocycles. The molecule has 0 saturated carbocycles. The monoisotopic (exact) mass is 433 g/mol. The first-order valence-corrected chi connectivity index (χ1v) is 9.56. The Labute approximate surface area is 164 Å². The van der Waals surface area contributed by atoms with Crippen LogP contribution in [0.2, 0.25) is 5.02 Å². The number of H-pyrrole nitrogens is 1. The molecule has 1 N–H and O–H groups in total. The molecule has 0 radical (unpaired) electrons. The summed E-state index contributed by atoms with van der Waals surface area (Å²) in [6.45, 7) is 0. The van der Waals surface area contributed by atoms with Gasteiger partial charge in [0.1, 0.15) is 11.9 Å². The largest absolute Gasteiger partial charge is 0.496 e. The van der Waals surface area contributed by atoms with Gasteiger partial charge in [0.25, 0.3) is 0 Å². The Kier molecular flexibility index (Phi) is 4.67. The van der Waals surface area contributed by atoms with E-state index in [0.29, 0.717) is 17.0 Å². The van der Waals surface area contributed by atoms with E-state index in [0.717, 1.165) is 45.2 Å². The molecule has 0 amide bonds. The summed E-state index contributed by atoms with van der Waals surface area (Å²) in [5.74, 6) is 0.484. The number of benzene rings is 2. The molecular weight excluding hydrogens is 418 g/mol. The average molecular weight is 435 g/mol. The lowest BCUT2D eigenvalue weighted by Gasteiger charge is -2.23. The minimum Gasteiger partial charge on any atom is -0.496 e. The Morgan fingerprint density at radius 1 is 1.23 bits per heavy atom. The molecule has 1 aliphatic carbocycles. The van der Waals surface area contributed by atoms with Gasteiger partial charge in [-0.2, -0.15) is 0 Å². The van der Waals surface area contributed by atoms with E-state index in [9.17, 15) is 4.79 Å². The molecule has 26 heavy (non-hydrogen) atoms. The summed E-state index contributed by atoms with van der Waals surface area (Å²) in [6.07, 6.45) is 2.07. The van der Waals surface area contributed by atoms with Gasteiger partial charge >= 0.3 is 5.97 Å². The second kappa shape index (κ2) is 6.97. The van der Waals surface area contributed by atoms with Crippen molar-refractivity contribution < 1.29 is 14.3 Å². The van der Waals surface area contributed by atoms with Gasteiger partial charge in [-0.05, 0) is 54.8 Å². The summed E-state index contributed by atoms with van der Waals surface area (Å²) in [5, 5.41) is 1.65. The van der Waals surface area contributed by atoms with Crippen LogP contribution in [-0.2, 0) is 17.6 Å². The fraction of sp³-hybridized carbons (Fsp3) is 0.250. The fourth-order valence-electron chi connectivity index (χ4n) is 3.51. The van der Waals surface area contributed by atoms with Crippen LogP contribution in [0.5, 0.6) is 5.75 Å². The zero-order valence-corrected chi connectivity index (χ0v) is 16.5. The second-order valence-electron chi connectivity index (χ2n) is 6.36. The number of carbonyl (C=O) groups excluding carboxylic acids is 1. The van der Waals surface area contributed by atoms with Crippen molar-refractivity contribution in [3.8, 4) is 5.75 Å². The Balaban J connectivity index is 1.61. The quantitative estimate of drug-likeness (QED) is 0.569. The molecule has 1 aliphatic rings. The predicted molar refractivity (Wildman–Crippen MR) is 105 cm³/mol. The van der Waals surface area contributed by atoms with Crippen LogP contribution in [0.25, 0.3) is 10.9 Å². The SMILES string of the molecule is COc1ccc(Cl)c2[nH]c3c(c12)CC(OC(=O)c1ccc(Br)cc1)CC3. The molecule has 3 aromatic rings. The van der Waals surface area contributed by atoms with Crippen molar-refractivity contribution in [1.29, 1.82) is 0 Å². The Hall–Kier alpha value is -1.98. The number of hydrogen-bond acceptors (Lipinski definition) is 3. The third-order valence-electron chi connectivity index (χ3n) is 4.78. The third kappa shape index (κ3) is 3.10. The van der Waals surface area contributed by atoms with Crippen LogP contribution in [0.15, 0.2) is 40.9 Å². The molecule has 1 atom stereocenters. The van der Waals surface area contributed by atoms with Gasteiger partial charge in [-0.1, -0.05) is 27.5 Å². The number of aryl methyl sites for hydroxylation is 1. The summed E-state index contributed by atoms with van der Waals surface area (Å²) in [4.78, 5) is 15.8. The summed E-state index contributed by atoms with van der Waals surface area (Å²) in [7, 11) is 1.65. The topological polar surface area (TPSA) is 51.3 Å². The number of ether oxygens (including phenoxy) is 2. The number of aromatic amines is 1. The lowest BCUT2D eigenvalue weighted by molar-refractivity contribution is 0.0271. The highest BCUT2D eigenvalue weighted by atomic mass is 79.9. The van der Waals surface area contributed by atoms with Crippen molar-refractivity contribution in [3.05, 3.63) is 62.7 Å². The van der Waals surface area contributed by atoms with E-state index >= 15 is 0 Å². The van der Waals surface area contributed by atoms with Gasteiger partial charge < -0.3 is 14.5 Å². The van der Waals surface area contributed by atoms with Crippen molar-refractivity contribution in [2.75, 3.05) is 7.11 Å². The van der Waals surface area contributed by atoms with E-state index in [1.807, 2.05) is 24.3 Å². The van der Waals surface area contributed by atoms with Crippen molar-refractivity contribution in [2.24, 2.45) is 0 Å². The van der Waals surface area contributed by atoms with E-state index in [2.05, 4.69) is 20.9 Å². The molecule has 2 aromatic carbocycles. The average Bonchev–Trinajstić information content (AvgIpc) is 3.03. The maximum atomic E-state index is 12.4. The first-order valence-electron chi connectivity index (χ1n) is 8.39. The predicted octanol–water partition coefficient (Wildman–Crippen LogP) is 5.31. The van der Waals surface area contributed by atoms with E-state index in [1.54, 1.807) is 19.2 Å². The molecule has 0 saturated heterocycles. The maximum Gasteiger partial charge on any atom is 0.338 e. The van der Waals surface area contributed by atoms with Gasteiger partial charge in [-0.15, -0.1) is 0 Å². The standard InChI is InChI=1S/C20H17BrClNO3/c1-25-17-9-7-15(22)19-18(17)14-10-13(6-8-16(14)23-19)26-20(24)11-2-4-12(21)5-3-11/h2-5,7,9,13,23H,6,8,10H2,1H3. The van der Waals surface area contributed by atoms with E-state index < -0.39 is 0 Å². The van der Waals surface area contributed by atoms with Gasteiger partial charge in [0.05, 0.1) is 23.2 Å². The van der Waals surface area contributed by atoms with Crippen LogP contribution in [0.1, 0.15) is 28.0 Å². The van der Waals surface area contributed by atoms with Gasteiger partial charge in [0, 0.05) is 22.0 Å². The van der Waals surface area contributed by atoms with Crippen LogP contribution in [0.3, 0.4) is 0 Å². The Morgan fingerprint density at radius 3 is 2.73 bits per heavy atom. The molecule has 0 aliphatic heterocycles. The molecule has 6 heteroatoms. The molecule has 0 spiro atoms. The van der Waals surface area contributed by atoms with Crippen LogP contribution in [0.4, 0.5) is 0 Å². The third-order valence-corrected chi connectivity index (χ3v) is 5.62. The number of halogens is 2. The first kappa shape index (κ1) is 17.4. The van der Waals surface area contributed by atoms with E-state index in [4.69, 9.17) is 21.1 Å². The number of esters is 1. The smallest absolute Gasteiger partial charge is 0.338 e. The number of aromatic nitrogens is 1. The highest BCUT2D eigenvalue weighted by molar-refractivity contribution is 9.10. The molecule has 4 rings (SSSR count). The lowest BCUT2D eigenvalue weighted by Crippen LogP contribution is -2.25. The molecule has 1 unspecified atom stereocenters. The normalized spacial score (nSPS) is 16.3. The number of fused-ring (bicyclic) bond motifs is 3. The molecule has 0 bridgehead atoms. The van der Waals surface area contributed by atoms with Crippen molar-refractivity contribution >= 4 is 44.4 Å². The number of nitrogens with one attached hydrogen (secondary N) is 1. The maximum absolute atomic E-state index is 12.4. The van der Waals surface area contributed by atoms with Crippen molar-refractivity contribution in [2.45, 2.75) is 25.4 Å². The first-order chi connectivity index (χ1) is 12.6. The van der Waals surface area contributed by atoms with Crippen molar-refractivity contribution in [1.82, 2.24) is 4.98 Å². The van der Waals surface area contributed by atoms with Gasteiger partial charge in [0.15, 0.2) is 0 Å². The Morgan fingerprint density at radius 2 is 2.00 bits per heavy atom. The molecule has 0 fully saturated rings. The fourth-order valence-corrected chi connectivity index (χ4v) is 3.98. The molecular formula is C20H17BrClNO3. The highest BCUT2D eigenvalue weighted by Crippen LogP contribution is 2.39. The van der Waals surface area contributed by atoms with Crippen LogP contribution < -0.4 is 4.74 Å². The summed E-state index contributed by atoms with van der Waals surface area (Å²) < 4.78 is 12.2. The zero-order chi connectivity index (χ0) is 18.3.